The first kappa shape index (κ1) is 19.1. The van der Waals surface area contributed by atoms with Gasteiger partial charge in [-0.05, 0) is 41.8 Å². The van der Waals surface area contributed by atoms with Crippen molar-refractivity contribution in [2.24, 2.45) is 0 Å². The van der Waals surface area contributed by atoms with Crippen LogP contribution in [0, 0.1) is 0 Å². The average Bonchev–Trinajstić information content (AvgIpc) is 2.70. The molecule has 1 amide bonds. The fourth-order valence-electron chi connectivity index (χ4n) is 3.01. The number of ketones is 1. The minimum absolute atomic E-state index is 0.0335. The Morgan fingerprint density at radius 3 is 2.41 bits per heavy atom. The van der Waals surface area contributed by atoms with Crippen molar-refractivity contribution >= 4 is 29.3 Å². The van der Waals surface area contributed by atoms with Gasteiger partial charge in [0.15, 0.2) is 12.4 Å². The van der Waals surface area contributed by atoms with Gasteiger partial charge in [0.05, 0.1) is 6.42 Å². The lowest BCUT2D eigenvalue weighted by molar-refractivity contribution is -0.152. The quantitative estimate of drug-likeness (QED) is 0.564. The molecule has 27 heavy (non-hydrogen) atoms. The smallest absolute Gasteiger partial charge is 0.306 e. The molecule has 3 rings (SSSR count). The van der Waals surface area contributed by atoms with Gasteiger partial charge < -0.3 is 9.64 Å². The lowest BCUT2D eigenvalue weighted by Gasteiger charge is -2.28. The zero-order valence-electron chi connectivity index (χ0n) is 14.8. The van der Waals surface area contributed by atoms with Crippen molar-refractivity contribution in [1.82, 2.24) is 4.90 Å². The minimum atomic E-state index is -0.553. The number of amides is 1. The SMILES string of the molecule is O=C(CCC(=O)c1ccc(Cl)cc1)OCC(=O)N1CCc2ccccc2C1. The maximum atomic E-state index is 12.3. The normalized spacial score (nSPS) is 13.0. The summed E-state index contributed by atoms with van der Waals surface area (Å²) >= 11 is 5.79. The van der Waals surface area contributed by atoms with Crippen LogP contribution in [0.5, 0.6) is 0 Å². The largest absolute Gasteiger partial charge is 0.456 e. The van der Waals surface area contributed by atoms with E-state index in [0.29, 0.717) is 23.7 Å². The predicted molar refractivity (Wildman–Crippen MR) is 102 cm³/mol. The summed E-state index contributed by atoms with van der Waals surface area (Å²) in [5.74, 6) is -0.937. The van der Waals surface area contributed by atoms with Gasteiger partial charge in [0, 0.05) is 30.1 Å². The Balaban J connectivity index is 1.42. The highest BCUT2D eigenvalue weighted by Gasteiger charge is 2.21. The molecule has 1 aliphatic rings. The van der Waals surface area contributed by atoms with Gasteiger partial charge in [-0.3, -0.25) is 14.4 Å². The molecule has 0 N–H and O–H groups in total. The van der Waals surface area contributed by atoms with Crippen LogP contribution in [-0.2, 0) is 27.3 Å². The highest BCUT2D eigenvalue weighted by molar-refractivity contribution is 6.30. The van der Waals surface area contributed by atoms with Crippen LogP contribution in [0.3, 0.4) is 0 Å². The van der Waals surface area contributed by atoms with E-state index in [1.807, 2.05) is 18.2 Å². The van der Waals surface area contributed by atoms with Crippen LogP contribution in [-0.4, -0.2) is 35.7 Å². The van der Waals surface area contributed by atoms with Crippen LogP contribution in [0.25, 0.3) is 0 Å². The van der Waals surface area contributed by atoms with Crippen molar-refractivity contribution in [3.8, 4) is 0 Å². The van der Waals surface area contributed by atoms with E-state index in [1.165, 1.54) is 5.56 Å². The number of hydrogen-bond acceptors (Lipinski definition) is 4. The number of rotatable bonds is 6. The van der Waals surface area contributed by atoms with E-state index in [0.717, 1.165) is 12.0 Å². The van der Waals surface area contributed by atoms with E-state index in [4.69, 9.17) is 16.3 Å². The van der Waals surface area contributed by atoms with Crippen molar-refractivity contribution in [3.63, 3.8) is 0 Å². The summed E-state index contributed by atoms with van der Waals surface area (Å²) < 4.78 is 5.05. The summed E-state index contributed by atoms with van der Waals surface area (Å²) in [6, 6.07) is 14.5. The standard InChI is InChI=1S/C21H20ClNO4/c22-18-7-5-16(6-8-18)19(24)9-10-21(26)27-14-20(25)23-12-11-15-3-1-2-4-17(15)13-23/h1-8H,9-14H2. The van der Waals surface area contributed by atoms with Crippen LogP contribution in [0.15, 0.2) is 48.5 Å². The van der Waals surface area contributed by atoms with Crippen LogP contribution >= 0.6 is 11.6 Å². The number of carbonyl (C=O) groups is 3. The molecule has 0 bridgehead atoms. The number of fused-ring (bicyclic) bond motifs is 1. The molecular weight excluding hydrogens is 366 g/mol. The zero-order chi connectivity index (χ0) is 19.2. The number of esters is 1. The third-order valence-corrected chi connectivity index (χ3v) is 4.81. The van der Waals surface area contributed by atoms with Gasteiger partial charge in [-0.1, -0.05) is 35.9 Å². The fourth-order valence-corrected chi connectivity index (χ4v) is 3.14. The summed E-state index contributed by atoms with van der Waals surface area (Å²) in [5, 5.41) is 0.546. The highest BCUT2D eigenvalue weighted by Crippen LogP contribution is 2.18. The molecule has 0 saturated heterocycles. The molecule has 0 aromatic heterocycles. The lowest BCUT2D eigenvalue weighted by Crippen LogP contribution is -2.38. The monoisotopic (exact) mass is 385 g/mol. The Bertz CT molecular complexity index is 848. The predicted octanol–water partition coefficient (Wildman–Crippen LogP) is 3.43. The van der Waals surface area contributed by atoms with Crippen molar-refractivity contribution in [1.29, 1.82) is 0 Å². The summed E-state index contributed by atoms with van der Waals surface area (Å²) in [6.45, 7) is 0.847. The third-order valence-electron chi connectivity index (χ3n) is 4.56. The number of carbonyl (C=O) groups excluding carboxylic acids is 3. The Kier molecular flexibility index (Phi) is 6.24. The van der Waals surface area contributed by atoms with E-state index in [9.17, 15) is 14.4 Å². The van der Waals surface area contributed by atoms with Crippen molar-refractivity contribution in [2.75, 3.05) is 13.2 Å². The van der Waals surface area contributed by atoms with Gasteiger partial charge in [0.25, 0.3) is 5.91 Å². The first-order valence-corrected chi connectivity index (χ1v) is 9.19. The van der Waals surface area contributed by atoms with Crippen molar-refractivity contribution in [3.05, 3.63) is 70.2 Å². The molecular formula is C21H20ClNO4. The van der Waals surface area contributed by atoms with Gasteiger partial charge >= 0.3 is 5.97 Å². The third kappa shape index (κ3) is 5.17. The molecule has 140 valence electrons. The zero-order valence-corrected chi connectivity index (χ0v) is 15.6. The number of benzene rings is 2. The summed E-state index contributed by atoms with van der Waals surface area (Å²) in [7, 11) is 0. The van der Waals surface area contributed by atoms with Gasteiger partial charge in [0.2, 0.25) is 0 Å². The maximum Gasteiger partial charge on any atom is 0.306 e. The first-order valence-electron chi connectivity index (χ1n) is 8.82. The van der Waals surface area contributed by atoms with Gasteiger partial charge in [-0.15, -0.1) is 0 Å². The van der Waals surface area contributed by atoms with E-state index >= 15 is 0 Å². The lowest BCUT2D eigenvalue weighted by atomic mass is 10.00. The molecule has 0 saturated carbocycles. The number of ether oxygens (including phenoxy) is 1. The van der Waals surface area contributed by atoms with Crippen LogP contribution in [0.2, 0.25) is 5.02 Å². The molecule has 2 aromatic rings. The molecule has 0 spiro atoms. The Hall–Kier alpha value is -2.66. The van der Waals surface area contributed by atoms with Gasteiger partial charge in [0.1, 0.15) is 0 Å². The summed E-state index contributed by atoms with van der Waals surface area (Å²) in [4.78, 5) is 37.9. The fraction of sp³-hybridized carbons (Fsp3) is 0.286. The number of hydrogen-bond donors (Lipinski definition) is 0. The molecule has 1 heterocycles. The number of Topliss-reactive ketones (excluding diaryl/α,β-unsaturated/α-hetero) is 1. The summed E-state index contributed by atoms with van der Waals surface area (Å²) in [5.41, 5.74) is 2.87. The number of nitrogens with zero attached hydrogens (tertiary/aromatic N) is 1. The van der Waals surface area contributed by atoms with Gasteiger partial charge in [-0.25, -0.2) is 0 Å². The number of halogens is 1. The minimum Gasteiger partial charge on any atom is -0.456 e. The van der Waals surface area contributed by atoms with Crippen LogP contribution in [0.1, 0.15) is 34.3 Å². The van der Waals surface area contributed by atoms with Crippen molar-refractivity contribution < 1.29 is 19.1 Å². The summed E-state index contributed by atoms with van der Waals surface area (Å²) in [6.07, 6.45) is 0.773. The Morgan fingerprint density at radius 2 is 1.67 bits per heavy atom. The first-order chi connectivity index (χ1) is 13.0. The highest BCUT2D eigenvalue weighted by atomic mass is 35.5. The molecule has 0 unspecified atom stereocenters. The molecule has 6 heteroatoms. The average molecular weight is 386 g/mol. The molecule has 1 aliphatic heterocycles. The molecule has 0 radical (unpaired) electrons. The molecule has 5 nitrogen and oxygen atoms in total. The Morgan fingerprint density at radius 1 is 0.963 bits per heavy atom. The molecule has 2 aromatic carbocycles. The second kappa shape index (κ2) is 8.82. The second-order valence-corrected chi connectivity index (χ2v) is 6.86. The molecule has 0 aliphatic carbocycles. The molecule has 0 fully saturated rings. The van der Waals surface area contributed by atoms with E-state index in [1.54, 1.807) is 29.2 Å². The van der Waals surface area contributed by atoms with Gasteiger partial charge in [-0.2, -0.15) is 0 Å². The Labute approximate surface area is 162 Å². The van der Waals surface area contributed by atoms with Crippen LogP contribution < -0.4 is 0 Å². The van der Waals surface area contributed by atoms with E-state index in [-0.39, 0.29) is 31.1 Å². The maximum absolute atomic E-state index is 12.3. The second-order valence-electron chi connectivity index (χ2n) is 6.42. The topological polar surface area (TPSA) is 63.7 Å². The van der Waals surface area contributed by atoms with Crippen molar-refractivity contribution in [2.45, 2.75) is 25.8 Å². The molecule has 0 atom stereocenters. The van der Waals surface area contributed by atoms with E-state index in [2.05, 4.69) is 6.07 Å². The van der Waals surface area contributed by atoms with Crippen LogP contribution in [0.4, 0.5) is 0 Å². The van der Waals surface area contributed by atoms with E-state index < -0.39 is 5.97 Å².